The summed E-state index contributed by atoms with van der Waals surface area (Å²) in [5.74, 6) is -0.146. The number of hydrogen-bond acceptors (Lipinski definition) is 14. The summed E-state index contributed by atoms with van der Waals surface area (Å²) < 4.78 is 71.5. The van der Waals surface area contributed by atoms with E-state index in [1.54, 1.807) is 0 Å². The van der Waals surface area contributed by atoms with E-state index >= 15 is 0 Å². The van der Waals surface area contributed by atoms with Crippen molar-refractivity contribution < 1.29 is 66.4 Å². The van der Waals surface area contributed by atoms with Crippen LogP contribution < -0.4 is 0 Å². The van der Waals surface area contributed by atoms with E-state index < -0.39 is 0 Å². The second-order valence-electron chi connectivity index (χ2n) is 15.0. The van der Waals surface area contributed by atoms with Crippen molar-refractivity contribution in [1.29, 1.82) is 0 Å². The van der Waals surface area contributed by atoms with Crippen molar-refractivity contribution >= 4 is 5.97 Å². The summed E-state index contributed by atoms with van der Waals surface area (Å²) in [4.78, 5) is 11.6. The van der Waals surface area contributed by atoms with E-state index in [2.05, 4.69) is 13.8 Å². The number of ether oxygens (including phenoxy) is 13. The molecular weight excluding hydrogens is 789 g/mol. The maximum absolute atomic E-state index is 11.6. The lowest BCUT2D eigenvalue weighted by atomic mass is 10.0. The van der Waals surface area contributed by atoms with Crippen molar-refractivity contribution in [2.45, 2.75) is 136 Å². The highest BCUT2D eigenvalue weighted by Crippen LogP contribution is 2.12. The first-order valence-corrected chi connectivity index (χ1v) is 24.4. The molecule has 0 N–H and O–H groups in total. The zero-order valence-electron chi connectivity index (χ0n) is 39.3. The van der Waals surface area contributed by atoms with Crippen LogP contribution in [-0.4, -0.2) is 171 Å². The molecule has 14 nitrogen and oxygen atoms in total. The Morgan fingerprint density at radius 1 is 0.230 bits per heavy atom. The fourth-order valence-electron chi connectivity index (χ4n) is 5.90. The Morgan fingerprint density at radius 2 is 0.426 bits per heavy atom. The zero-order valence-corrected chi connectivity index (χ0v) is 39.3. The van der Waals surface area contributed by atoms with Crippen molar-refractivity contribution in [3.05, 3.63) is 0 Å². The number of carbonyl (C=O) groups excluding carboxylic acids is 1. The van der Waals surface area contributed by atoms with Crippen LogP contribution in [0, 0.1) is 0 Å². The average molecular weight is 883 g/mol. The molecule has 0 atom stereocenters. The second kappa shape index (κ2) is 57.0. The van der Waals surface area contributed by atoms with Crippen LogP contribution in [0.15, 0.2) is 0 Å². The Hall–Kier alpha value is -1.01. The van der Waals surface area contributed by atoms with Gasteiger partial charge in [-0.15, -0.1) is 0 Å². The maximum atomic E-state index is 11.6. The number of esters is 1. The van der Waals surface area contributed by atoms with Gasteiger partial charge in [0.05, 0.1) is 152 Å². The Labute approximate surface area is 372 Å². The summed E-state index contributed by atoms with van der Waals surface area (Å²) in [6.07, 6.45) is 23.8. The summed E-state index contributed by atoms with van der Waals surface area (Å²) in [5, 5.41) is 0. The number of carbonyl (C=O) groups is 1. The highest BCUT2D eigenvalue weighted by molar-refractivity contribution is 5.69. The molecular formula is C47H94O14. The second-order valence-corrected chi connectivity index (χ2v) is 15.0. The van der Waals surface area contributed by atoms with Crippen LogP contribution in [-0.2, 0) is 66.4 Å². The van der Waals surface area contributed by atoms with Gasteiger partial charge in [-0.2, -0.15) is 0 Å². The number of unbranched alkanes of at least 4 members (excludes halogenated alkanes) is 16. The maximum Gasteiger partial charge on any atom is 0.305 e. The average Bonchev–Trinajstić information content (AvgIpc) is 3.27. The minimum atomic E-state index is -0.146. The van der Waals surface area contributed by atoms with Gasteiger partial charge in [-0.3, -0.25) is 4.79 Å². The smallest absolute Gasteiger partial charge is 0.305 e. The third-order valence-electron chi connectivity index (χ3n) is 9.46. The monoisotopic (exact) mass is 883 g/mol. The summed E-state index contributed by atoms with van der Waals surface area (Å²) in [5.41, 5.74) is 0. The quantitative estimate of drug-likeness (QED) is 0.0429. The molecule has 0 rings (SSSR count). The Kier molecular flexibility index (Phi) is 56.1. The number of hydrogen-bond donors (Lipinski definition) is 0. The van der Waals surface area contributed by atoms with E-state index in [0.29, 0.717) is 158 Å². The standard InChI is InChI=1S/C47H94O14/c1-3-5-7-9-10-11-12-13-14-15-16-18-20-22-49-23-24-50-25-26-51-27-28-52-29-30-53-31-32-54-33-34-55-35-36-56-37-38-57-39-40-58-41-42-59-43-44-60-45-46-61-47(48)21-19-17-8-6-4-2/h3-46H2,1-2H3. The summed E-state index contributed by atoms with van der Waals surface area (Å²) in [6.45, 7) is 17.4. The van der Waals surface area contributed by atoms with Crippen LogP contribution >= 0.6 is 0 Å². The minimum Gasteiger partial charge on any atom is -0.463 e. The van der Waals surface area contributed by atoms with Crippen LogP contribution in [0.3, 0.4) is 0 Å². The molecule has 0 saturated heterocycles. The molecule has 0 aliphatic rings. The Balaban J connectivity index is 3.09. The predicted octanol–water partition coefficient (Wildman–Crippen LogP) is 8.18. The molecule has 0 fully saturated rings. The van der Waals surface area contributed by atoms with Crippen molar-refractivity contribution in [2.75, 3.05) is 165 Å². The molecule has 0 saturated carbocycles. The van der Waals surface area contributed by atoms with Gasteiger partial charge in [-0.1, -0.05) is 117 Å². The topological polar surface area (TPSA) is 137 Å². The van der Waals surface area contributed by atoms with E-state index in [-0.39, 0.29) is 12.6 Å². The predicted molar refractivity (Wildman–Crippen MR) is 240 cm³/mol. The van der Waals surface area contributed by atoms with E-state index in [9.17, 15) is 4.79 Å². The lowest BCUT2D eigenvalue weighted by Gasteiger charge is -2.09. The van der Waals surface area contributed by atoms with Gasteiger partial charge < -0.3 is 61.6 Å². The molecule has 0 radical (unpaired) electrons. The summed E-state index contributed by atoms with van der Waals surface area (Å²) in [6, 6.07) is 0. The molecule has 0 unspecified atom stereocenters. The van der Waals surface area contributed by atoms with Gasteiger partial charge in [0.25, 0.3) is 0 Å². The highest BCUT2D eigenvalue weighted by Gasteiger charge is 2.03. The molecule has 0 heterocycles. The molecule has 0 aliphatic heterocycles. The van der Waals surface area contributed by atoms with Gasteiger partial charge in [0, 0.05) is 13.0 Å². The first-order chi connectivity index (χ1) is 30.3. The zero-order chi connectivity index (χ0) is 43.9. The van der Waals surface area contributed by atoms with Crippen LogP contribution in [0.1, 0.15) is 136 Å². The first kappa shape index (κ1) is 60.0. The summed E-state index contributed by atoms with van der Waals surface area (Å²) in [7, 11) is 0. The largest absolute Gasteiger partial charge is 0.463 e. The molecule has 61 heavy (non-hydrogen) atoms. The van der Waals surface area contributed by atoms with E-state index in [1.165, 1.54) is 96.3 Å². The molecule has 0 bridgehead atoms. The van der Waals surface area contributed by atoms with Crippen LogP contribution in [0.5, 0.6) is 0 Å². The molecule has 0 spiro atoms. The van der Waals surface area contributed by atoms with Gasteiger partial charge in [-0.05, 0) is 12.8 Å². The molecule has 0 aromatic carbocycles. The lowest BCUT2D eigenvalue weighted by Crippen LogP contribution is -2.15. The molecule has 0 aromatic rings. The molecule has 0 amide bonds. The van der Waals surface area contributed by atoms with Crippen molar-refractivity contribution in [2.24, 2.45) is 0 Å². The highest BCUT2D eigenvalue weighted by atomic mass is 16.6. The Bertz CT molecular complexity index is 797. The minimum absolute atomic E-state index is 0.146. The van der Waals surface area contributed by atoms with E-state index in [1.807, 2.05) is 0 Å². The molecule has 0 aromatic heterocycles. The van der Waals surface area contributed by atoms with Gasteiger partial charge >= 0.3 is 5.97 Å². The lowest BCUT2D eigenvalue weighted by molar-refractivity contribution is -0.145. The van der Waals surface area contributed by atoms with Crippen LogP contribution in [0.25, 0.3) is 0 Å². The molecule has 14 heteroatoms. The first-order valence-electron chi connectivity index (χ1n) is 24.4. The Morgan fingerprint density at radius 3 is 0.689 bits per heavy atom. The molecule has 0 aliphatic carbocycles. The summed E-state index contributed by atoms with van der Waals surface area (Å²) >= 11 is 0. The van der Waals surface area contributed by atoms with Gasteiger partial charge in [-0.25, -0.2) is 0 Å². The molecule has 366 valence electrons. The SMILES string of the molecule is CCCCCCCCCCCCCCCOCCOCCOCCOCCOCCOCCOCCOCCOCCOCCOCCOCCOC(=O)CCCCCCC. The fourth-order valence-corrected chi connectivity index (χ4v) is 5.90. The fraction of sp³-hybridized carbons (Fsp3) is 0.979. The van der Waals surface area contributed by atoms with Gasteiger partial charge in [0.2, 0.25) is 0 Å². The third-order valence-corrected chi connectivity index (χ3v) is 9.46. The van der Waals surface area contributed by atoms with Crippen molar-refractivity contribution in [1.82, 2.24) is 0 Å². The van der Waals surface area contributed by atoms with Gasteiger partial charge in [0.1, 0.15) is 6.61 Å². The number of rotatable bonds is 56. The van der Waals surface area contributed by atoms with Crippen LogP contribution in [0.4, 0.5) is 0 Å². The van der Waals surface area contributed by atoms with E-state index in [0.717, 1.165) is 25.9 Å². The van der Waals surface area contributed by atoms with Crippen LogP contribution in [0.2, 0.25) is 0 Å². The normalized spacial score (nSPS) is 11.6. The van der Waals surface area contributed by atoms with Crippen molar-refractivity contribution in [3.63, 3.8) is 0 Å². The third kappa shape index (κ3) is 57.0. The van der Waals surface area contributed by atoms with Gasteiger partial charge in [0.15, 0.2) is 0 Å². The van der Waals surface area contributed by atoms with E-state index in [4.69, 9.17) is 61.6 Å². The van der Waals surface area contributed by atoms with Crippen molar-refractivity contribution in [3.8, 4) is 0 Å².